The molecule has 0 saturated heterocycles. The molecule has 1 heterocycles. The SMILES string of the molecule is CC/C=C\C1=C(C)C2(c3ccccc31)c1cc(-c3cccc(-c4cc(-c5ccccc5)nc(-c5ccccc5)n4)c3)ccc1-c1ccc(Oc3ccccc3C)c(C)c12. The lowest BCUT2D eigenvalue weighted by atomic mass is 9.68. The lowest BCUT2D eigenvalue weighted by Gasteiger charge is -2.33. The van der Waals surface area contributed by atoms with Gasteiger partial charge in [0.2, 0.25) is 0 Å². The Morgan fingerprint density at radius 3 is 1.93 bits per heavy atom. The van der Waals surface area contributed by atoms with E-state index in [1.54, 1.807) is 0 Å². The number of benzene rings is 7. The summed E-state index contributed by atoms with van der Waals surface area (Å²) < 4.78 is 6.76. The molecule has 2 aliphatic carbocycles. The molecule has 1 spiro atoms. The summed E-state index contributed by atoms with van der Waals surface area (Å²) >= 11 is 0. The number of aryl methyl sites for hydroxylation is 1. The summed E-state index contributed by atoms with van der Waals surface area (Å²) in [5.41, 5.74) is 19.3. The number of para-hydroxylation sites is 1. The number of nitrogens with zero attached hydrogens (tertiary/aromatic N) is 2. The van der Waals surface area contributed by atoms with Gasteiger partial charge in [-0.2, -0.15) is 0 Å². The van der Waals surface area contributed by atoms with Crippen LogP contribution in [0.25, 0.3) is 61.7 Å². The molecule has 59 heavy (non-hydrogen) atoms. The minimum atomic E-state index is -0.501. The van der Waals surface area contributed by atoms with Crippen molar-refractivity contribution in [3.05, 3.63) is 221 Å². The quantitative estimate of drug-likeness (QED) is 0.155. The van der Waals surface area contributed by atoms with Gasteiger partial charge in [-0.25, -0.2) is 9.97 Å². The summed E-state index contributed by atoms with van der Waals surface area (Å²) in [6, 6.07) is 60.3. The molecule has 0 radical (unpaired) electrons. The summed E-state index contributed by atoms with van der Waals surface area (Å²) in [7, 11) is 0. The first-order chi connectivity index (χ1) is 28.9. The summed E-state index contributed by atoms with van der Waals surface area (Å²) in [5, 5.41) is 0. The molecule has 0 saturated carbocycles. The topological polar surface area (TPSA) is 35.0 Å². The van der Waals surface area contributed by atoms with Gasteiger partial charge in [-0.1, -0.05) is 159 Å². The third kappa shape index (κ3) is 5.96. The maximum absolute atomic E-state index is 6.76. The molecule has 1 aromatic heterocycles. The molecule has 0 bridgehead atoms. The fourth-order valence-electron chi connectivity index (χ4n) is 9.40. The van der Waals surface area contributed by atoms with Gasteiger partial charge in [0.25, 0.3) is 0 Å². The smallest absolute Gasteiger partial charge is 0.160 e. The molecule has 284 valence electrons. The molecular weight excluding hydrogens is 717 g/mol. The number of ether oxygens (including phenoxy) is 1. The predicted octanol–water partition coefficient (Wildman–Crippen LogP) is 14.6. The second kappa shape index (κ2) is 14.7. The van der Waals surface area contributed by atoms with Crippen molar-refractivity contribution >= 4 is 5.57 Å². The Balaban J connectivity index is 1.16. The van der Waals surface area contributed by atoms with Crippen LogP contribution in [0.15, 0.2) is 188 Å². The number of allylic oxidation sites excluding steroid dienone is 4. The zero-order valence-corrected chi connectivity index (χ0v) is 33.8. The first kappa shape index (κ1) is 36.3. The Morgan fingerprint density at radius 1 is 0.508 bits per heavy atom. The van der Waals surface area contributed by atoms with Crippen LogP contribution in [0.3, 0.4) is 0 Å². The van der Waals surface area contributed by atoms with Crippen molar-refractivity contribution < 1.29 is 4.74 Å². The van der Waals surface area contributed by atoms with Crippen LogP contribution < -0.4 is 4.74 Å². The zero-order chi connectivity index (χ0) is 40.1. The van der Waals surface area contributed by atoms with Gasteiger partial charge < -0.3 is 4.74 Å². The Morgan fingerprint density at radius 2 is 1.15 bits per heavy atom. The van der Waals surface area contributed by atoms with Crippen LogP contribution in [0.1, 0.15) is 53.6 Å². The van der Waals surface area contributed by atoms with E-state index in [2.05, 4.69) is 179 Å². The van der Waals surface area contributed by atoms with E-state index >= 15 is 0 Å². The minimum Gasteiger partial charge on any atom is -0.457 e. The Bertz CT molecular complexity index is 2920. The second-order valence-electron chi connectivity index (χ2n) is 15.7. The summed E-state index contributed by atoms with van der Waals surface area (Å²) in [6.07, 6.45) is 5.60. The molecule has 2 aliphatic rings. The number of hydrogen-bond acceptors (Lipinski definition) is 3. The van der Waals surface area contributed by atoms with Gasteiger partial charge >= 0.3 is 0 Å². The van der Waals surface area contributed by atoms with Crippen molar-refractivity contribution in [3.63, 3.8) is 0 Å². The maximum atomic E-state index is 6.76. The standard InChI is InChI=1S/C56H44N2O/c1-5-6-25-44-38(4)56(48-27-15-14-26-45(44)48)49-34-42(29-30-46(49)47-31-32-53(37(3)54(47)56)59-52-28-16-13-18-36(52)2)41-23-17-24-43(33-41)51-35-50(39-19-9-7-10-20-39)57-55(58-51)40-21-11-8-12-22-40/h6-35H,5H2,1-4H3/b25-6-. The Labute approximate surface area is 347 Å². The summed E-state index contributed by atoms with van der Waals surface area (Å²) in [6.45, 7) is 8.90. The molecule has 3 nitrogen and oxygen atoms in total. The van der Waals surface area contributed by atoms with Gasteiger partial charge in [-0.05, 0) is 124 Å². The third-order valence-corrected chi connectivity index (χ3v) is 12.2. The van der Waals surface area contributed by atoms with Crippen molar-refractivity contribution in [3.8, 4) is 67.7 Å². The van der Waals surface area contributed by atoms with Crippen molar-refractivity contribution in [1.82, 2.24) is 9.97 Å². The van der Waals surface area contributed by atoms with Crippen LogP contribution in [0.4, 0.5) is 0 Å². The van der Waals surface area contributed by atoms with E-state index in [4.69, 9.17) is 14.7 Å². The molecule has 3 heteroatoms. The maximum Gasteiger partial charge on any atom is 0.160 e. The minimum absolute atomic E-state index is 0.501. The van der Waals surface area contributed by atoms with Crippen LogP contribution in [-0.2, 0) is 5.41 Å². The number of rotatable bonds is 8. The first-order valence-electron chi connectivity index (χ1n) is 20.6. The third-order valence-electron chi connectivity index (χ3n) is 12.2. The van der Waals surface area contributed by atoms with Crippen molar-refractivity contribution in [2.75, 3.05) is 0 Å². The highest BCUT2D eigenvalue weighted by Crippen LogP contribution is 2.64. The summed E-state index contributed by atoms with van der Waals surface area (Å²) in [4.78, 5) is 10.2. The number of aromatic nitrogens is 2. The second-order valence-corrected chi connectivity index (χ2v) is 15.7. The van der Waals surface area contributed by atoms with Crippen molar-refractivity contribution in [2.45, 2.75) is 39.5 Å². The molecule has 8 aromatic rings. The molecule has 0 amide bonds. The number of fused-ring (bicyclic) bond motifs is 7. The van der Waals surface area contributed by atoms with Crippen LogP contribution in [0.5, 0.6) is 11.5 Å². The zero-order valence-electron chi connectivity index (χ0n) is 33.8. The molecular formula is C56H44N2O. The molecule has 0 fully saturated rings. The number of hydrogen-bond donors (Lipinski definition) is 0. The van der Waals surface area contributed by atoms with Gasteiger partial charge in [0.15, 0.2) is 5.82 Å². The molecule has 1 unspecified atom stereocenters. The van der Waals surface area contributed by atoms with Gasteiger partial charge in [0.05, 0.1) is 16.8 Å². The summed E-state index contributed by atoms with van der Waals surface area (Å²) in [5.74, 6) is 2.47. The molecule has 0 N–H and O–H groups in total. The van der Waals surface area contributed by atoms with Gasteiger partial charge in [-0.15, -0.1) is 0 Å². The molecule has 0 aliphatic heterocycles. The average Bonchev–Trinajstić information content (AvgIpc) is 3.73. The molecule has 7 aromatic carbocycles. The van der Waals surface area contributed by atoms with E-state index in [1.807, 2.05) is 30.3 Å². The Kier molecular flexibility index (Phi) is 9.02. The monoisotopic (exact) mass is 760 g/mol. The lowest BCUT2D eigenvalue weighted by molar-refractivity contribution is 0.473. The molecule has 1 atom stereocenters. The fraction of sp³-hybridized carbons (Fsp3) is 0.107. The van der Waals surface area contributed by atoms with Gasteiger partial charge in [0.1, 0.15) is 11.5 Å². The van der Waals surface area contributed by atoms with E-state index < -0.39 is 5.41 Å². The van der Waals surface area contributed by atoms with Gasteiger partial charge in [0, 0.05) is 16.7 Å². The van der Waals surface area contributed by atoms with Gasteiger partial charge in [-0.3, -0.25) is 0 Å². The van der Waals surface area contributed by atoms with E-state index in [0.29, 0.717) is 5.82 Å². The van der Waals surface area contributed by atoms with Crippen LogP contribution >= 0.6 is 0 Å². The van der Waals surface area contributed by atoms with E-state index in [-0.39, 0.29) is 0 Å². The van der Waals surface area contributed by atoms with E-state index in [9.17, 15) is 0 Å². The normalized spacial score (nSPS) is 15.1. The van der Waals surface area contributed by atoms with Crippen molar-refractivity contribution in [1.29, 1.82) is 0 Å². The predicted molar refractivity (Wildman–Crippen MR) is 244 cm³/mol. The lowest BCUT2D eigenvalue weighted by Crippen LogP contribution is -2.27. The van der Waals surface area contributed by atoms with E-state index in [1.165, 1.54) is 44.5 Å². The first-order valence-corrected chi connectivity index (χ1v) is 20.6. The van der Waals surface area contributed by atoms with Crippen LogP contribution in [0, 0.1) is 13.8 Å². The van der Waals surface area contributed by atoms with Crippen LogP contribution in [-0.4, -0.2) is 9.97 Å². The fourth-order valence-corrected chi connectivity index (χ4v) is 9.40. The Hall–Kier alpha value is -7.10. The van der Waals surface area contributed by atoms with Crippen LogP contribution in [0.2, 0.25) is 0 Å². The highest BCUT2D eigenvalue weighted by Gasteiger charge is 2.52. The molecule has 10 rings (SSSR count). The van der Waals surface area contributed by atoms with E-state index in [0.717, 1.165) is 68.3 Å². The largest absolute Gasteiger partial charge is 0.457 e. The highest BCUT2D eigenvalue weighted by atomic mass is 16.5. The average molecular weight is 761 g/mol. The van der Waals surface area contributed by atoms with Crippen molar-refractivity contribution in [2.24, 2.45) is 0 Å². The highest BCUT2D eigenvalue weighted by molar-refractivity contribution is 5.98.